The highest BCUT2D eigenvalue weighted by molar-refractivity contribution is 7.91. The van der Waals surface area contributed by atoms with Gasteiger partial charge in [-0.15, -0.1) is 0 Å². The van der Waals surface area contributed by atoms with Gasteiger partial charge in [-0.2, -0.15) is 5.26 Å². The molecule has 0 spiro atoms. The summed E-state index contributed by atoms with van der Waals surface area (Å²) in [4.78, 5) is 2.07. The fraction of sp³-hybridized carbons (Fsp3) is 0.909. The van der Waals surface area contributed by atoms with Crippen molar-refractivity contribution >= 4 is 9.84 Å². The SMILES string of the molecule is CN(CCCC(C)(N)C#N)C1CCS(=O)(=O)C1. The Morgan fingerprint density at radius 1 is 1.59 bits per heavy atom. The van der Waals surface area contributed by atoms with Crippen molar-refractivity contribution in [1.29, 1.82) is 5.26 Å². The monoisotopic (exact) mass is 259 g/mol. The second-order valence-electron chi connectivity index (χ2n) is 5.17. The Morgan fingerprint density at radius 3 is 2.71 bits per heavy atom. The Hall–Kier alpha value is -0.640. The quantitative estimate of drug-likeness (QED) is 0.758. The summed E-state index contributed by atoms with van der Waals surface area (Å²) in [6.45, 7) is 2.50. The van der Waals surface area contributed by atoms with Gasteiger partial charge < -0.3 is 10.6 Å². The molecule has 0 saturated carbocycles. The summed E-state index contributed by atoms with van der Waals surface area (Å²) in [5.74, 6) is 0.566. The molecule has 0 radical (unpaired) electrons. The van der Waals surface area contributed by atoms with Gasteiger partial charge in [-0.25, -0.2) is 8.42 Å². The fourth-order valence-corrected chi connectivity index (χ4v) is 3.86. The van der Waals surface area contributed by atoms with Crippen LogP contribution in [0.25, 0.3) is 0 Å². The summed E-state index contributed by atoms with van der Waals surface area (Å²) in [5, 5.41) is 8.77. The summed E-state index contributed by atoms with van der Waals surface area (Å²) in [7, 11) is -0.881. The smallest absolute Gasteiger partial charge is 0.151 e. The summed E-state index contributed by atoms with van der Waals surface area (Å²) in [5.41, 5.74) is 4.95. The van der Waals surface area contributed by atoms with Crippen molar-refractivity contribution < 1.29 is 8.42 Å². The molecule has 0 aromatic heterocycles. The maximum atomic E-state index is 11.3. The van der Waals surface area contributed by atoms with Crippen molar-refractivity contribution in [1.82, 2.24) is 4.90 Å². The third kappa shape index (κ3) is 4.62. The topological polar surface area (TPSA) is 87.2 Å². The molecule has 1 aliphatic heterocycles. The van der Waals surface area contributed by atoms with Crippen LogP contribution in [-0.2, 0) is 9.84 Å². The van der Waals surface area contributed by atoms with Gasteiger partial charge in [0, 0.05) is 6.04 Å². The third-order valence-corrected chi connectivity index (χ3v) is 5.04. The van der Waals surface area contributed by atoms with Crippen molar-refractivity contribution in [2.45, 2.75) is 37.8 Å². The van der Waals surface area contributed by atoms with Crippen LogP contribution < -0.4 is 5.73 Å². The van der Waals surface area contributed by atoms with E-state index in [4.69, 9.17) is 11.0 Å². The lowest BCUT2D eigenvalue weighted by Gasteiger charge is -2.24. The van der Waals surface area contributed by atoms with E-state index in [2.05, 4.69) is 11.0 Å². The van der Waals surface area contributed by atoms with Crippen LogP contribution in [0.2, 0.25) is 0 Å². The predicted molar refractivity (Wildman–Crippen MR) is 67.1 cm³/mol. The molecule has 17 heavy (non-hydrogen) atoms. The van der Waals surface area contributed by atoms with Crippen LogP contribution in [-0.4, -0.2) is 50.0 Å². The Labute approximate surface area is 104 Å². The van der Waals surface area contributed by atoms with Crippen LogP contribution in [0.3, 0.4) is 0 Å². The molecule has 0 aromatic carbocycles. The minimum Gasteiger partial charge on any atom is -0.314 e. The number of nitriles is 1. The van der Waals surface area contributed by atoms with Crippen molar-refractivity contribution in [3.63, 3.8) is 0 Å². The van der Waals surface area contributed by atoms with E-state index in [1.807, 2.05) is 7.05 Å². The van der Waals surface area contributed by atoms with Crippen molar-refractivity contribution in [2.24, 2.45) is 5.73 Å². The number of nitrogens with two attached hydrogens (primary N) is 1. The highest BCUT2D eigenvalue weighted by atomic mass is 32.2. The van der Waals surface area contributed by atoms with Crippen molar-refractivity contribution in [3.8, 4) is 6.07 Å². The van der Waals surface area contributed by atoms with Gasteiger partial charge in [-0.05, 0) is 39.8 Å². The maximum absolute atomic E-state index is 11.3. The largest absolute Gasteiger partial charge is 0.314 e. The Morgan fingerprint density at radius 2 is 2.24 bits per heavy atom. The van der Waals surface area contributed by atoms with Gasteiger partial charge in [-0.1, -0.05) is 0 Å². The zero-order valence-corrected chi connectivity index (χ0v) is 11.3. The highest BCUT2D eigenvalue weighted by Crippen LogP contribution is 2.17. The minimum atomic E-state index is -2.82. The molecular weight excluding hydrogens is 238 g/mol. The average Bonchev–Trinajstić information content (AvgIpc) is 2.58. The van der Waals surface area contributed by atoms with E-state index in [9.17, 15) is 8.42 Å². The minimum absolute atomic E-state index is 0.131. The van der Waals surface area contributed by atoms with Gasteiger partial charge in [0.1, 0.15) is 5.54 Å². The van der Waals surface area contributed by atoms with Crippen molar-refractivity contribution in [3.05, 3.63) is 0 Å². The molecular formula is C11H21N3O2S. The molecule has 1 rings (SSSR count). The summed E-state index contributed by atoms with van der Waals surface area (Å²) in [6.07, 6.45) is 2.16. The molecule has 0 bridgehead atoms. The normalized spacial score (nSPS) is 26.6. The number of rotatable bonds is 5. The molecule has 6 heteroatoms. The molecule has 1 fully saturated rings. The van der Waals surface area contributed by atoms with Gasteiger partial charge >= 0.3 is 0 Å². The molecule has 2 N–H and O–H groups in total. The molecule has 0 amide bonds. The average molecular weight is 259 g/mol. The molecule has 1 heterocycles. The lowest BCUT2D eigenvalue weighted by molar-refractivity contribution is 0.252. The standard InChI is InChI=1S/C11H21N3O2S/c1-11(13,9-12)5-3-6-14(2)10-4-7-17(15,16)8-10/h10H,3-8,13H2,1-2H3. The lowest BCUT2D eigenvalue weighted by atomic mass is 9.99. The Balaban J connectivity index is 2.32. The van der Waals surface area contributed by atoms with E-state index in [1.165, 1.54) is 0 Å². The van der Waals surface area contributed by atoms with Crippen LogP contribution >= 0.6 is 0 Å². The molecule has 2 unspecified atom stereocenters. The highest BCUT2D eigenvalue weighted by Gasteiger charge is 2.30. The van der Waals surface area contributed by atoms with Crippen LogP contribution in [0.5, 0.6) is 0 Å². The number of hydrogen-bond donors (Lipinski definition) is 1. The Kier molecular flexibility index (Phi) is 4.53. The number of hydrogen-bond acceptors (Lipinski definition) is 5. The molecule has 2 atom stereocenters. The van der Waals surface area contributed by atoms with E-state index < -0.39 is 15.4 Å². The zero-order chi connectivity index (χ0) is 13.1. The maximum Gasteiger partial charge on any atom is 0.151 e. The number of sulfone groups is 1. The van der Waals surface area contributed by atoms with Crippen LogP contribution in [0, 0.1) is 11.3 Å². The van der Waals surface area contributed by atoms with E-state index in [0.717, 1.165) is 19.4 Å². The lowest BCUT2D eigenvalue weighted by Crippen LogP contribution is -2.37. The summed E-state index contributed by atoms with van der Waals surface area (Å²) >= 11 is 0. The molecule has 0 aromatic rings. The third-order valence-electron chi connectivity index (χ3n) is 3.29. The van der Waals surface area contributed by atoms with Crippen LogP contribution in [0.4, 0.5) is 0 Å². The van der Waals surface area contributed by atoms with Crippen LogP contribution in [0.15, 0.2) is 0 Å². The zero-order valence-electron chi connectivity index (χ0n) is 10.5. The second kappa shape index (κ2) is 5.34. The fourth-order valence-electron chi connectivity index (χ4n) is 2.06. The van der Waals surface area contributed by atoms with Gasteiger partial charge in [0.2, 0.25) is 0 Å². The van der Waals surface area contributed by atoms with E-state index in [0.29, 0.717) is 12.2 Å². The molecule has 5 nitrogen and oxygen atoms in total. The van der Waals surface area contributed by atoms with E-state index in [1.54, 1.807) is 6.92 Å². The molecule has 98 valence electrons. The second-order valence-corrected chi connectivity index (χ2v) is 7.40. The number of nitrogens with zero attached hydrogens (tertiary/aromatic N) is 2. The summed E-state index contributed by atoms with van der Waals surface area (Å²) < 4.78 is 22.7. The van der Waals surface area contributed by atoms with Gasteiger partial charge in [0.05, 0.1) is 17.6 Å². The van der Waals surface area contributed by atoms with Gasteiger partial charge in [-0.3, -0.25) is 0 Å². The first-order chi connectivity index (χ1) is 7.76. The molecule has 1 aliphatic rings. The van der Waals surface area contributed by atoms with Crippen molar-refractivity contribution in [2.75, 3.05) is 25.1 Å². The first-order valence-electron chi connectivity index (χ1n) is 5.86. The first-order valence-corrected chi connectivity index (χ1v) is 7.69. The summed E-state index contributed by atoms with van der Waals surface area (Å²) in [6, 6.07) is 2.19. The predicted octanol–water partition coefficient (Wildman–Crippen LogP) is 0.126. The van der Waals surface area contributed by atoms with Gasteiger partial charge in [0.15, 0.2) is 9.84 Å². The van der Waals surface area contributed by atoms with E-state index >= 15 is 0 Å². The van der Waals surface area contributed by atoms with E-state index in [-0.39, 0.29) is 11.8 Å². The molecule has 1 saturated heterocycles. The first kappa shape index (κ1) is 14.4. The molecule has 0 aliphatic carbocycles. The Bertz CT molecular complexity index is 397. The van der Waals surface area contributed by atoms with Crippen LogP contribution in [0.1, 0.15) is 26.2 Å². The van der Waals surface area contributed by atoms with Gasteiger partial charge in [0.25, 0.3) is 0 Å².